The summed E-state index contributed by atoms with van der Waals surface area (Å²) in [5, 5.41) is 0. The van der Waals surface area contributed by atoms with E-state index in [2.05, 4.69) is 9.31 Å². The van der Waals surface area contributed by atoms with Gasteiger partial charge in [0.15, 0.2) is 0 Å². The van der Waals surface area contributed by atoms with E-state index in [0.29, 0.717) is 0 Å². The van der Waals surface area contributed by atoms with Crippen molar-refractivity contribution >= 4 is 61.7 Å². The molecule has 0 aliphatic carbocycles. The first-order valence-corrected chi connectivity index (χ1v) is 16.9. The van der Waals surface area contributed by atoms with Gasteiger partial charge < -0.3 is 0 Å². The number of nitrogens with zero attached hydrogens (tertiary/aromatic N) is 1. The van der Waals surface area contributed by atoms with Gasteiger partial charge in [0.1, 0.15) is 0 Å². The van der Waals surface area contributed by atoms with Crippen molar-refractivity contribution in [2.24, 2.45) is 3.24 Å². The Balaban J connectivity index is 2.64. The van der Waals surface area contributed by atoms with Crippen LogP contribution < -0.4 is 3.61 Å². The Bertz CT molecular complexity index is 479. The number of benzene rings is 1. The molecule has 0 saturated carbocycles. The minimum absolute atomic E-state index is 0.787. The van der Waals surface area contributed by atoms with Gasteiger partial charge in [-0.3, -0.25) is 0 Å². The average molecular weight is 411 g/mol. The number of thioether (sulfide) groups is 1. The molecule has 0 unspecified atom stereocenters. The van der Waals surface area contributed by atoms with Crippen molar-refractivity contribution in [1.29, 1.82) is 0 Å². The van der Waals surface area contributed by atoms with Crippen molar-refractivity contribution in [2.45, 2.75) is 18.2 Å². The SMILES string of the molecule is CSc1ccc2c(c1)CC(C)=N[Te]2(Cl)(Cl)Cl. The van der Waals surface area contributed by atoms with Gasteiger partial charge in [0.05, 0.1) is 0 Å². The van der Waals surface area contributed by atoms with Crippen molar-refractivity contribution in [1.82, 2.24) is 0 Å². The van der Waals surface area contributed by atoms with Crippen LogP contribution in [0.5, 0.6) is 0 Å². The summed E-state index contributed by atoms with van der Waals surface area (Å²) in [6.45, 7) is 1.92. The summed E-state index contributed by atoms with van der Waals surface area (Å²) in [7, 11) is 19.1. The van der Waals surface area contributed by atoms with Gasteiger partial charge in [0.25, 0.3) is 0 Å². The summed E-state index contributed by atoms with van der Waals surface area (Å²) in [5.74, 6) is 0. The molecule has 1 radical (unpaired) electrons. The van der Waals surface area contributed by atoms with E-state index < -0.39 is 13.7 Å². The Morgan fingerprint density at radius 3 is 2.62 bits per heavy atom. The van der Waals surface area contributed by atoms with E-state index in [1.807, 2.05) is 25.3 Å². The molecular weight excluding hydrogens is 400 g/mol. The molecule has 0 fully saturated rings. The maximum absolute atomic E-state index is 6.38. The summed E-state index contributed by atoms with van der Waals surface area (Å²) in [6, 6.07) is 6.03. The third-order valence-corrected chi connectivity index (χ3v) is 12.7. The van der Waals surface area contributed by atoms with E-state index in [9.17, 15) is 0 Å². The Morgan fingerprint density at radius 2 is 2.00 bits per heavy atom. The van der Waals surface area contributed by atoms with Gasteiger partial charge in [0, 0.05) is 0 Å². The Labute approximate surface area is 112 Å². The number of hydrogen-bond donors (Lipinski definition) is 0. The fourth-order valence-electron chi connectivity index (χ4n) is 1.75. The molecule has 1 heterocycles. The average Bonchev–Trinajstić information content (AvgIpc) is 2.13. The molecule has 0 bridgehead atoms. The van der Waals surface area contributed by atoms with E-state index in [4.69, 9.17) is 26.9 Å². The second-order valence-corrected chi connectivity index (χ2v) is 25.6. The topological polar surface area (TPSA) is 12.4 Å². The van der Waals surface area contributed by atoms with Gasteiger partial charge in [-0.05, 0) is 0 Å². The van der Waals surface area contributed by atoms with Gasteiger partial charge in [0.2, 0.25) is 0 Å². The number of fused-ring (bicyclic) bond motifs is 1. The molecule has 0 saturated heterocycles. The fourth-order valence-corrected chi connectivity index (χ4v) is 11.9. The van der Waals surface area contributed by atoms with Crippen LogP contribution in [0.1, 0.15) is 12.5 Å². The molecule has 1 nitrogen and oxygen atoms in total. The van der Waals surface area contributed by atoms with E-state index >= 15 is 0 Å². The quantitative estimate of drug-likeness (QED) is 0.507. The van der Waals surface area contributed by atoms with Crippen LogP contribution in [0.25, 0.3) is 0 Å². The van der Waals surface area contributed by atoms with Crippen molar-refractivity contribution in [3.05, 3.63) is 23.8 Å². The van der Waals surface area contributed by atoms with E-state index in [-0.39, 0.29) is 0 Å². The normalized spacial score (nSPS) is 23.8. The number of hydrogen-bond acceptors (Lipinski definition) is 2. The molecule has 0 amide bonds. The predicted octanol–water partition coefficient (Wildman–Crippen LogP) is 3.74. The molecule has 1 aromatic carbocycles. The molecule has 0 aromatic heterocycles. The van der Waals surface area contributed by atoms with Crippen molar-refractivity contribution in [3.63, 3.8) is 0 Å². The summed E-state index contributed by atoms with van der Waals surface area (Å²) >= 11 is -2.63. The van der Waals surface area contributed by atoms with E-state index in [0.717, 1.165) is 21.3 Å². The summed E-state index contributed by atoms with van der Waals surface area (Å²) in [5.41, 5.74) is 2.04. The molecule has 0 N–H and O–H groups in total. The fraction of sp³-hybridized carbons (Fsp3) is 0.300. The van der Waals surface area contributed by atoms with Crippen molar-refractivity contribution in [3.8, 4) is 0 Å². The van der Waals surface area contributed by atoms with Crippen LogP contribution in [-0.2, 0) is 6.42 Å². The number of halogens is 3. The Hall–Kier alpha value is 0.900. The molecule has 89 valence electrons. The Kier molecular flexibility index (Phi) is 3.52. The summed E-state index contributed by atoms with van der Waals surface area (Å²) < 4.78 is 5.20. The van der Waals surface area contributed by atoms with Gasteiger partial charge >= 0.3 is 113 Å². The molecular formula is C10H11Cl3NSTe. The first-order chi connectivity index (χ1) is 7.30. The van der Waals surface area contributed by atoms with E-state index in [1.54, 1.807) is 11.8 Å². The summed E-state index contributed by atoms with van der Waals surface area (Å²) in [6.07, 6.45) is 2.83. The van der Waals surface area contributed by atoms with Crippen molar-refractivity contribution in [2.75, 3.05) is 6.26 Å². The zero-order chi connectivity index (χ0) is 12.0. The summed E-state index contributed by atoms with van der Waals surface area (Å²) in [4.78, 5) is 1.20. The van der Waals surface area contributed by atoms with Crippen LogP contribution in [0.3, 0.4) is 0 Å². The Morgan fingerprint density at radius 1 is 1.31 bits per heavy atom. The van der Waals surface area contributed by atoms with Crippen LogP contribution in [0.4, 0.5) is 0 Å². The van der Waals surface area contributed by atoms with Crippen LogP contribution in [-0.4, -0.2) is 25.7 Å². The predicted molar refractivity (Wildman–Crippen MR) is 78.0 cm³/mol. The van der Waals surface area contributed by atoms with Crippen molar-refractivity contribution < 1.29 is 0 Å². The van der Waals surface area contributed by atoms with Gasteiger partial charge in [-0.1, -0.05) is 0 Å². The third-order valence-electron chi connectivity index (χ3n) is 2.37. The van der Waals surface area contributed by atoms with Crippen LogP contribution in [0.15, 0.2) is 26.3 Å². The maximum atomic E-state index is 6.38. The molecule has 16 heavy (non-hydrogen) atoms. The first kappa shape index (κ1) is 13.3. The first-order valence-electron chi connectivity index (χ1n) is 4.63. The molecule has 1 aliphatic heterocycles. The zero-order valence-corrected chi connectivity index (χ0v) is 14.3. The second-order valence-electron chi connectivity index (χ2n) is 3.68. The monoisotopic (exact) mass is 412 g/mol. The molecule has 2 rings (SSSR count). The third kappa shape index (κ3) is 2.50. The molecule has 0 atom stereocenters. The number of rotatable bonds is 1. The molecule has 0 spiro atoms. The van der Waals surface area contributed by atoms with Crippen LogP contribution in [0.2, 0.25) is 0 Å². The molecule has 1 aromatic rings. The van der Waals surface area contributed by atoms with Crippen LogP contribution >= 0.6 is 38.7 Å². The van der Waals surface area contributed by atoms with Crippen LogP contribution in [0, 0.1) is 0 Å². The van der Waals surface area contributed by atoms with Gasteiger partial charge in [-0.25, -0.2) is 0 Å². The second kappa shape index (κ2) is 4.23. The standard InChI is InChI=1S/C10H11Cl3NSTe/c1-7-5-8-6-9(15-2)3-4-10(8)16(11,12,13)14-7/h3-4,6H,5H2,1-2H3. The van der Waals surface area contributed by atoms with Gasteiger partial charge in [-0.2, -0.15) is 0 Å². The minimum atomic E-state index is -4.32. The molecule has 1 aliphatic rings. The molecule has 6 heteroatoms. The zero-order valence-electron chi connectivity index (χ0n) is 8.84. The van der Waals surface area contributed by atoms with Gasteiger partial charge in [-0.15, -0.1) is 0 Å². The van der Waals surface area contributed by atoms with E-state index in [1.165, 1.54) is 4.90 Å².